The summed E-state index contributed by atoms with van der Waals surface area (Å²) in [4.78, 5) is 25.4. The smallest absolute Gasteiger partial charge is 0.323 e. The van der Waals surface area contributed by atoms with E-state index in [9.17, 15) is 9.59 Å². The predicted octanol–water partition coefficient (Wildman–Crippen LogP) is 1.94. The van der Waals surface area contributed by atoms with Gasteiger partial charge >= 0.3 is 6.03 Å². The Labute approximate surface area is 136 Å². The minimum absolute atomic E-state index is 0.267. The number of nitrogens with zero attached hydrogens (tertiary/aromatic N) is 3. The van der Waals surface area contributed by atoms with Crippen LogP contribution >= 0.6 is 0 Å². The summed E-state index contributed by atoms with van der Waals surface area (Å²) < 4.78 is 1.86. The number of nitrogens with one attached hydrogen (secondary N) is 1. The molecule has 1 saturated heterocycles. The lowest BCUT2D eigenvalue weighted by Crippen LogP contribution is -2.45. The number of aromatic nitrogens is 2. The van der Waals surface area contributed by atoms with E-state index in [4.69, 9.17) is 5.73 Å². The fraction of sp³-hybridized carbons (Fsp3) is 0.688. The molecule has 2 heterocycles. The van der Waals surface area contributed by atoms with Crippen molar-refractivity contribution in [3.63, 3.8) is 0 Å². The topological polar surface area (TPSA) is 93.2 Å². The van der Waals surface area contributed by atoms with Crippen LogP contribution in [-0.4, -0.2) is 39.2 Å². The first kappa shape index (κ1) is 15.8. The van der Waals surface area contributed by atoms with Crippen molar-refractivity contribution >= 4 is 17.8 Å². The second-order valence-electron chi connectivity index (χ2n) is 6.59. The third-order valence-electron chi connectivity index (χ3n) is 4.95. The van der Waals surface area contributed by atoms with E-state index >= 15 is 0 Å². The van der Waals surface area contributed by atoms with Crippen molar-refractivity contribution in [1.29, 1.82) is 0 Å². The molecule has 2 fully saturated rings. The quantitative estimate of drug-likeness (QED) is 0.888. The Morgan fingerprint density at radius 2 is 2.00 bits per heavy atom. The molecule has 23 heavy (non-hydrogen) atoms. The molecule has 1 aromatic heterocycles. The fourth-order valence-electron chi connectivity index (χ4n) is 3.69. The Hall–Kier alpha value is -2.05. The number of likely N-dealkylation sites (tertiary alicyclic amines) is 1. The number of primary amides is 1. The van der Waals surface area contributed by atoms with Crippen LogP contribution in [0.3, 0.4) is 0 Å². The zero-order chi connectivity index (χ0) is 16.2. The second kappa shape index (κ2) is 7.02. The highest BCUT2D eigenvalue weighted by Gasteiger charge is 2.33. The SMILES string of the molecule is NC(=O)[C@H]1CCCN1C(=O)Nc1ccnn1CC1CCCCC1. The summed E-state index contributed by atoms with van der Waals surface area (Å²) in [5.41, 5.74) is 5.37. The van der Waals surface area contributed by atoms with Gasteiger partial charge in [0, 0.05) is 19.2 Å². The molecule has 1 aromatic rings. The summed E-state index contributed by atoms with van der Waals surface area (Å²) >= 11 is 0. The predicted molar refractivity (Wildman–Crippen MR) is 86.7 cm³/mol. The van der Waals surface area contributed by atoms with Crippen LogP contribution in [0.2, 0.25) is 0 Å². The van der Waals surface area contributed by atoms with Crippen molar-refractivity contribution in [2.24, 2.45) is 11.7 Å². The summed E-state index contributed by atoms with van der Waals surface area (Å²) in [7, 11) is 0. The van der Waals surface area contributed by atoms with Gasteiger partial charge < -0.3 is 10.6 Å². The molecule has 126 valence electrons. The van der Waals surface area contributed by atoms with Gasteiger partial charge in [0.25, 0.3) is 0 Å². The van der Waals surface area contributed by atoms with Gasteiger partial charge in [0.15, 0.2) is 0 Å². The Kier molecular flexibility index (Phi) is 4.83. The summed E-state index contributed by atoms with van der Waals surface area (Å²) in [5.74, 6) is 0.883. The van der Waals surface area contributed by atoms with Crippen LogP contribution in [0.1, 0.15) is 44.9 Å². The highest BCUT2D eigenvalue weighted by molar-refractivity contribution is 5.93. The van der Waals surface area contributed by atoms with Crippen molar-refractivity contribution < 1.29 is 9.59 Å². The Morgan fingerprint density at radius 1 is 1.22 bits per heavy atom. The van der Waals surface area contributed by atoms with Crippen molar-refractivity contribution in [3.05, 3.63) is 12.3 Å². The number of hydrogen-bond donors (Lipinski definition) is 2. The molecular weight excluding hydrogens is 294 g/mol. The first-order valence-electron chi connectivity index (χ1n) is 8.54. The monoisotopic (exact) mass is 319 g/mol. The molecule has 3 rings (SSSR count). The lowest BCUT2D eigenvalue weighted by Gasteiger charge is -2.24. The Balaban J connectivity index is 1.62. The van der Waals surface area contributed by atoms with Gasteiger partial charge in [-0.3, -0.25) is 10.1 Å². The molecule has 7 heteroatoms. The molecular formula is C16H25N5O2. The fourth-order valence-corrected chi connectivity index (χ4v) is 3.69. The maximum atomic E-state index is 12.4. The van der Waals surface area contributed by atoms with E-state index in [-0.39, 0.29) is 6.03 Å². The van der Waals surface area contributed by atoms with Crippen LogP contribution < -0.4 is 11.1 Å². The van der Waals surface area contributed by atoms with E-state index < -0.39 is 11.9 Å². The summed E-state index contributed by atoms with van der Waals surface area (Å²) in [6.07, 6.45) is 9.48. The second-order valence-corrected chi connectivity index (χ2v) is 6.59. The molecule has 0 spiro atoms. The van der Waals surface area contributed by atoms with Gasteiger partial charge in [0.05, 0.1) is 6.20 Å². The molecule has 0 unspecified atom stereocenters. The van der Waals surface area contributed by atoms with Gasteiger partial charge in [-0.15, -0.1) is 0 Å². The van der Waals surface area contributed by atoms with E-state index in [1.807, 2.05) is 4.68 Å². The van der Waals surface area contributed by atoms with Gasteiger partial charge in [-0.2, -0.15) is 5.10 Å². The molecule has 3 N–H and O–H groups in total. The molecule has 0 bridgehead atoms. The maximum Gasteiger partial charge on any atom is 0.323 e. The number of nitrogens with two attached hydrogens (primary N) is 1. The zero-order valence-electron chi connectivity index (χ0n) is 13.4. The van der Waals surface area contributed by atoms with Crippen LogP contribution in [0.4, 0.5) is 10.6 Å². The van der Waals surface area contributed by atoms with Gasteiger partial charge in [0.2, 0.25) is 5.91 Å². The summed E-state index contributed by atoms with van der Waals surface area (Å²) in [5, 5.41) is 7.22. The normalized spacial score (nSPS) is 22.3. The number of carbonyl (C=O) groups is 2. The highest BCUT2D eigenvalue weighted by Crippen LogP contribution is 2.26. The van der Waals surface area contributed by atoms with E-state index in [0.29, 0.717) is 24.7 Å². The minimum Gasteiger partial charge on any atom is -0.368 e. The van der Waals surface area contributed by atoms with Crippen LogP contribution in [0.25, 0.3) is 0 Å². The first-order chi connectivity index (χ1) is 11.1. The zero-order valence-corrected chi connectivity index (χ0v) is 13.4. The maximum absolute atomic E-state index is 12.4. The van der Waals surface area contributed by atoms with Crippen LogP contribution in [0.15, 0.2) is 12.3 Å². The third kappa shape index (κ3) is 3.65. The van der Waals surface area contributed by atoms with Crippen LogP contribution in [-0.2, 0) is 11.3 Å². The molecule has 7 nitrogen and oxygen atoms in total. The van der Waals surface area contributed by atoms with Crippen molar-refractivity contribution in [1.82, 2.24) is 14.7 Å². The van der Waals surface area contributed by atoms with Crippen molar-refractivity contribution in [3.8, 4) is 0 Å². The first-order valence-corrected chi connectivity index (χ1v) is 8.54. The Morgan fingerprint density at radius 3 is 2.74 bits per heavy atom. The van der Waals surface area contributed by atoms with E-state index in [1.165, 1.54) is 37.0 Å². The summed E-state index contributed by atoms with van der Waals surface area (Å²) in [6.45, 7) is 1.40. The number of hydrogen-bond acceptors (Lipinski definition) is 3. The standard InChI is InChI=1S/C16H25N5O2/c17-15(22)13-7-4-10-20(13)16(23)19-14-8-9-18-21(14)11-12-5-2-1-3-6-12/h8-9,12-13H,1-7,10-11H2,(H2,17,22)(H,19,23)/t13-/m1/s1. The lowest BCUT2D eigenvalue weighted by molar-refractivity contribution is -0.121. The number of anilines is 1. The molecule has 1 aliphatic carbocycles. The average Bonchev–Trinajstić information content (AvgIpc) is 3.18. The van der Waals surface area contributed by atoms with Crippen LogP contribution in [0, 0.1) is 5.92 Å². The third-order valence-corrected chi connectivity index (χ3v) is 4.95. The van der Waals surface area contributed by atoms with Gasteiger partial charge in [-0.25, -0.2) is 9.48 Å². The molecule has 1 aliphatic heterocycles. The number of rotatable bonds is 4. The van der Waals surface area contributed by atoms with Gasteiger partial charge in [-0.1, -0.05) is 19.3 Å². The average molecular weight is 319 g/mol. The lowest BCUT2D eigenvalue weighted by atomic mass is 9.89. The van der Waals surface area contributed by atoms with Gasteiger partial charge in [0.1, 0.15) is 11.9 Å². The largest absolute Gasteiger partial charge is 0.368 e. The van der Waals surface area contributed by atoms with E-state index in [1.54, 1.807) is 12.3 Å². The van der Waals surface area contributed by atoms with Gasteiger partial charge in [-0.05, 0) is 31.6 Å². The molecule has 1 atom stereocenters. The number of amides is 3. The number of carbonyl (C=O) groups excluding carboxylic acids is 2. The summed E-state index contributed by atoms with van der Waals surface area (Å²) in [6, 6.07) is 1.04. The molecule has 3 amide bonds. The molecule has 0 aromatic carbocycles. The van der Waals surface area contributed by atoms with Crippen molar-refractivity contribution in [2.75, 3.05) is 11.9 Å². The van der Waals surface area contributed by atoms with Crippen LogP contribution in [0.5, 0.6) is 0 Å². The molecule has 0 radical (unpaired) electrons. The molecule has 2 aliphatic rings. The van der Waals surface area contributed by atoms with E-state index in [0.717, 1.165) is 13.0 Å². The van der Waals surface area contributed by atoms with Crippen molar-refractivity contribution in [2.45, 2.75) is 57.5 Å². The molecule has 1 saturated carbocycles. The van der Waals surface area contributed by atoms with E-state index in [2.05, 4.69) is 10.4 Å². The number of urea groups is 1. The Bertz CT molecular complexity index is 565. The minimum atomic E-state index is -0.496. The highest BCUT2D eigenvalue weighted by atomic mass is 16.2.